The number of rotatable bonds is 1. The lowest BCUT2D eigenvalue weighted by atomic mass is 9.70. The van der Waals surface area contributed by atoms with Gasteiger partial charge in [0.1, 0.15) is 0 Å². The predicted octanol–water partition coefficient (Wildman–Crippen LogP) is 0.959. The Kier molecular flexibility index (Phi) is 2.22. The van der Waals surface area contributed by atoms with Crippen molar-refractivity contribution in [2.24, 2.45) is 5.92 Å². The second-order valence-electron chi connectivity index (χ2n) is 4.54. The van der Waals surface area contributed by atoms with Crippen molar-refractivity contribution in [2.75, 3.05) is 26.3 Å². The molecule has 15 heavy (non-hydrogen) atoms. The highest BCUT2D eigenvalue weighted by Gasteiger charge is 2.47. The zero-order chi connectivity index (χ0) is 10.1. The lowest BCUT2D eigenvalue weighted by molar-refractivity contribution is 0.173. The lowest BCUT2D eigenvalue weighted by Crippen LogP contribution is -2.47. The van der Waals surface area contributed by atoms with E-state index in [9.17, 15) is 0 Å². The summed E-state index contributed by atoms with van der Waals surface area (Å²) in [7, 11) is 0. The fourth-order valence-electron chi connectivity index (χ4n) is 2.85. The summed E-state index contributed by atoms with van der Waals surface area (Å²) in [6, 6.07) is 6.20. The maximum Gasteiger partial charge on any atom is 0.0582 e. The molecule has 1 N–H and O–H groups in total. The number of pyridine rings is 1. The van der Waals surface area contributed by atoms with Crippen LogP contribution in [0.25, 0.3) is 0 Å². The van der Waals surface area contributed by atoms with E-state index >= 15 is 0 Å². The van der Waals surface area contributed by atoms with Gasteiger partial charge in [-0.25, -0.2) is 0 Å². The van der Waals surface area contributed by atoms with E-state index in [0.717, 1.165) is 32.7 Å². The topological polar surface area (TPSA) is 34.1 Å². The molecular weight excluding hydrogens is 188 g/mol. The number of hydrogen-bond donors (Lipinski definition) is 1. The van der Waals surface area contributed by atoms with E-state index in [2.05, 4.69) is 22.4 Å². The van der Waals surface area contributed by atoms with Gasteiger partial charge in [0.15, 0.2) is 0 Å². The third-order valence-corrected chi connectivity index (χ3v) is 3.77. The van der Waals surface area contributed by atoms with Crippen LogP contribution in [0.4, 0.5) is 0 Å². The highest BCUT2D eigenvalue weighted by molar-refractivity contribution is 5.22. The van der Waals surface area contributed by atoms with Crippen LogP contribution in [0.15, 0.2) is 24.4 Å². The SMILES string of the molecule is c1ccc([C@@]23CCNC[C@@H]2COC3)nc1. The normalized spacial score (nSPS) is 35.1. The summed E-state index contributed by atoms with van der Waals surface area (Å²) in [5, 5.41) is 3.44. The van der Waals surface area contributed by atoms with E-state index in [1.807, 2.05) is 12.3 Å². The number of nitrogens with one attached hydrogen (secondary N) is 1. The van der Waals surface area contributed by atoms with Gasteiger partial charge in [0.2, 0.25) is 0 Å². The first-order valence-corrected chi connectivity index (χ1v) is 5.62. The Morgan fingerprint density at radius 1 is 1.47 bits per heavy atom. The highest BCUT2D eigenvalue weighted by atomic mass is 16.5. The van der Waals surface area contributed by atoms with Gasteiger partial charge in [-0.05, 0) is 25.1 Å². The Hall–Kier alpha value is -0.930. The first kappa shape index (κ1) is 9.31. The van der Waals surface area contributed by atoms with Gasteiger partial charge in [-0.2, -0.15) is 0 Å². The van der Waals surface area contributed by atoms with E-state index in [-0.39, 0.29) is 5.41 Å². The molecule has 3 heterocycles. The molecule has 0 amide bonds. The first-order chi connectivity index (χ1) is 7.42. The van der Waals surface area contributed by atoms with Crippen molar-refractivity contribution in [3.63, 3.8) is 0 Å². The van der Waals surface area contributed by atoms with E-state index in [1.165, 1.54) is 5.69 Å². The zero-order valence-corrected chi connectivity index (χ0v) is 8.78. The molecule has 0 aliphatic carbocycles. The molecule has 80 valence electrons. The maximum atomic E-state index is 5.67. The molecule has 3 nitrogen and oxygen atoms in total. The minimum atomic E-state index is 0.187. The molecule has 2 aliphatic heterocycles. The number of piperidine rings is 1. The summed E-state index contributed by atoms with van der Waals surface area (Å²) in [6.07, 6.45) is 3.04. The van der Waals surface area contributed by atoms with Crippen molar-refractivity contribution in [1.82, 2.24) is 10.3 Å². The van der Waals surface area contributed by atoms with Gasteiger partial charge in [-0.1, -0.05) is 6.07 Å². The molecule has 3 rings (SSSR count). The molecule has 0 saturated carbocycles. The van der Waals surface area contributed by atoms with Crippen molar-refractivity contribution in [1.29, 1.82) is 0 Å². The smallest absolute Gasteiger partial charge is 0.0582 e. The highest BCUT2D eigenvalue weighted by Crippen LogP contribution is 2.41. The molecule has 1 aromatic heterocycles. The average molecular weight is 204 g/mol. The van der Waals surface area contributed by atoms with Gasteiger partial charge in [0.05, 0.1) is 13.2 Å². The van der Waals surface area contributed by atoms with E-state index in [4.69, 9.17) is 4.74 Å². The quantitative estimate of drug-likeness (QED) is 0.740. The Morgan fingerprint density at radius 2 is 2.47 bits per heavy atom. The van der Waals surface area contributed by atoms with Crippen LogP contribution in [0.3, 0.4) is 0 Å². The molecule has 0 bridgehead atoms. The first-order valence-electron chi connectivity index (χ1n) is 5.62. The molecule has 2 atom stereocenters. The summed E-state index contributed by atoms with van der Waals surface area (Å²) in [5.41, 5.74) is 1.40. The standard InChI is InChI=1S/C12H16N2O/c1-2-5-14-11(3-1)12-4-6-13-7-10(12)8-15-9-12/h1-3,5,10,13H,4,6-9H2/t10-,12-/m1/s1. The monoisotopic (exact) mass is 204 g/mol. The molecule has 2 fully saturated rings. The van der Waals surface area contributed by atoms with Crippen molar-refractivity contribution < 1.29 is 4.74 Å². The Bertz CT molecular complexity index is 341. The second kappa shape index (κ2) is 3.58. The number of aromatic nitrogens is 1. The minimum Gasteiger partial charge on any atom is -0.380 e. The second-order valence-corrected chi connectivity index (χ2v) is 4.54. The predicted molar refractivity (Wildman–Crippen MR) is 57.7 cm³/mol. The summed E-state index contributed by atoms with van der Waals surface area (Å²) in [6.45, 7) is 3.87. The van der Waals surface area contributed by atoms with Crippen molar-refractivity contribution >= 4 is 0 Å². The van der Waals surface area contributed by atoms with Crippen LogP contribution < -0.4 is 5.32 Å². The summed E-state index contributed by atoms with van der Waals surface area (Å²) < 4.78 is 5.67. The van der Waals surface area contributed by atoms with Crippen LogP contribution in [0.2, 0.25) is 0 Å². The number of ether oxygens (including phenoxy) is 1. The molecule has 2 saturated heterocycles. The molecule has 0 spiro atoms. The van der Waals surface area contributed by atoms with E-state index in [0.29, 0.717) is 5.92 Å². The van der Waals surface area contributed by atoms with Crippen LogP contribution in [-0.2, 0) is 10.2 Å². The lowest BCUT2D eigenvalue weighted by Gasteiger charge is -2.37. The maximum absolute atomic E-state index is 5.67. The molecule has 1 aromatic rings. The fourth-order valence-corrected chi connectivity index (χ4v) is 2.85. The molecule has 0 unspecified atom stereocenters. The fraction of sp³-hybridized carbons (Fsp3) is 0.583. The number of hydrogen-bond acceptors (Lipinski definition) is 3. The summed E-state index contributed by atoms with van der Waals surface area (Å²) in [5.74, 6) is 0.598. The van der Waals surface area contributed by atoms with Gasteiger partial charge < -0.3 is 10.1 Å². The third-order valence-electron chi connectivity index (χ3n) is 3.77. The molecule has 0 aromatic carbocycles. The molecule has 2 aliphatic rings. The molecule has 0 radical (unpaired) electrons. The van der Waals surface area contributed by atoms with Gasteiger partial charge >= 0.3 is 0 Å². The summed E-state index contributed by atoms with van der Waals surface area (Å²) in [4.78, 5) is 4.53. The third kappa shape index (κ3) is 1.38. The largest absolute Gasteiger partial charge is 0.380 e. The van der Waals surface area contributed by atoms with Crippen LogP contribution in [0, 0.1) is 5.92 Å². The van der Waals surface area contributed by atoms with Crippen molar-refractivity contribution in [3.8, 4) is 0 Å². The van der Waals surface area contributed by atoms with E-state index < -0.39 is 0 Å². The van der Waals surface area contributed by atoms with Crippen molar-refractivity contribution in [2.45, 2.75) is 11.8 Å². The van der Waals surface area contributed by atoms with E-state index in [1.54, 1.807) is 0 Å². The minimum absolute atomic E-state index is 0.187. The van der Waals surface area contributed by atoms with Crippen LogP contribution in [-0.4, -0.2) is 31.3 Å². The molecule has 3 heteroatoms. The van der Waals surface area contributed by atoms with Crippen LogP contribution in [0.5, 0.6) is 0 Å². The number of fused-ring (bicyclic) bond motifs is 1. The Morgan fingerprint density at radius 3 is 3.33 bits per heavy atom. The van der Waals surface area contributed by atoms with Gasteiger partial charge in [-0.15, -0.1) is 0 Å². The Balaban J connectivity index is 2.00. The van der Waals surface area contributed by atoms with Crippen molar-refractivity contribution in [3.05, 3.63) is 30.1 Å². The zero-order valence-electron chi connectivity index (χ0n) is 8.78. The van der Waals surface area contributed by atoms with Crippen LogP contribution >= 0.6 is 0 Å². The number of nitrogens with zero attached hydrogens (tertiary/aromatic N) is 1. The Labute approximate surface area is 89.9 Å². The van der Waals surface area contributed by atoms with Gasteiger partial charge in [-0.3, -0.25) is 4.98 Å². The molecular formula is C12H16N2O. The van der Waals surface area contributed by atoms with Gasteiger partial charge in [0.25, 0.3) is 0 Å². The summed E-state index contributed by atoms with van der Waals surface area (Å²) >= 11 is 0. The van der Waals surface area contributed by atoms with Crippen LogP contribution in [0.1, 0.15) is 12.1 Å². The van der Waals surface area contributed by atoms with Gasteiger partial charge in [0, 0.05) is 29.8 Å². The average Bonchev–Trinajstić information content (AvgIpc) is 2.75.